The zero-order chi connectivity index (χ0) is 10.1. The Kier molecular flexibility index (Phi) is 2.05. The molecular formula is C8H10N4O2. The molecule has 0 saturated carbocycles. The number of aryl methyl sites for hydroxylation is 2. The molecule has 2 rings (SSSR count). The Morgan fingerprint density at radius 2 is 2.36 bits per heavy atom. The summed E-state index contributed by atoms with van der Waals surface area (Å²) >= 11 is 0. The maximum atomic E-state index is 8.77. The van der Waals surface area contributed by atoms with E-state index >= 15 is 0 Å². The molecule has 0 unspecified atom stereocenters. The zero-order valence-electron chi connectivity index (χ0n) is 7.93. The highest BCUT2D eigenvalue weighted by molar-refractivity contribution is 5.54. The van der Waals surface area contributed by atoms with Crippen molar-refractivity contribution < 1.29 is 9.63 Å². The van der Waals surface area contributed by atoms with E-state index in [0.29, 0.717) is 5.89 Å². The van der Waals surface area contributed by atoms with Crippen LogP contribution in [0.3, 0.4) is 0 Å². The number of aliphatic hydroxyl groups excluding tert-OH is 1. The average Bonchev–Trinajstić information content (AvgIpc) is 2.71. The van der Waals surface area contributed by atoms with Gasteiger partial charge in [0.25, 0.3) is 5.89 Å². The van der Waals surface area contributed by atoms with Gasteiger partial charge >= 0.3 is 0 Å². The van der Waals surface area contributed by atoms with Crippen LogP contribution in [0.1, 0.15) is 11.5 Å². The van der Waals surface area contributed by atoms with E-state index in [1.165, 1.54) is 0 Å². The fraction of sp³-hybridized carbons (Fsp3) is 0.375. The van der Waals surface area contributed by atoms with Gasteiger partial charge in [-0.25, -0.2) is 0 Å². The van der Waals surface area contributed by atoms with Crippen LogP contribution in [0.25, 0.3) is 11.5 Å². The van der Waals surface area contributed by atoms with Crippen molar-refractivity contribution in [3.8, 4) is 11.5 Å². The van der Waals surface area contributed by atoms with Crippen LogP contribution in [0, 0.1) is 6.92 Å². The highest BCUT2D eigenvalue weighted by Gasteiger charge is 2.13. The van der Waals surface area contributed by atoms with Gasteiger partial charge in [-0.15, -0.1) is 0 Å². The molecular weight excluding hydrogens is 184 g/mol. The summed E-state index contributed by atoms with van der Waals surface area (Å²) in [6.07, 6.45) is 1.80. The molecule has 74 valence electrons. The molecule has 1 N–H and O–H groups in total. The van der Waals surface area contributed by atoms with Gasteiger partial charge in [-0.05, 0) is 6.92 Å². The molecule has 6 nitrogen and oxygen atoms in total. The summed E-state index contributed by atoms with van der Waals surface area (Å²) in [5, 5.41) is 16.5. The number of aliphatic hydroxyl groups is 1. The molecule has 2 aromatic rings. The van der Waals surface area contributed by atoms with Crippen molar-refractivity contribution >= 4 is 0 Å². The Labute approximate surface area is 80.2 Å². The molecule has 0 aliphatic carbocycles. The summed E-state index contributed by atoms with van der Waals surface area (Å²) < 4.78 is 6.64. The van der Waals surface area contributed by atoms with Crippen LogP contribution >= 0.6 is 0 Å². The SMILES string of the molecule is Cc1nn(C)cc1-c1nc(CO)no1. The molecule has 0 aliphatic heterocycles. The number of hydrogen-bond donors (Lipinski definition) is 1. The van der Waals surface area contributed by atoms with E-state index in [2.05, 4.69) is 15.2 Å². The normalized spacial score (nSPS) is 10.8. The molecule has 2 aromatic heterocycles. The molecule has 0 fully saturated rings. The van der Waals surface area contributed by atoms with Crippen LogP contribution in [0.2, 0.25) is 0 Å². The molecule has 0 bridgehead atoms. The lowest BCUT2D eigenvalue weighted by atomic mass is 10.3. The van der Waals surface area contributed by atoms with E-state index < -0.39 is 0 Å². The molecule has 0 radical (unpaired) electrons. The smallest absolute Gasteiger partial charge is 0.261 e. The highest BCUT2D eigenvalue weighted by Crippen LogP contribution is 2.19. The number of rotatable bonds is 2. The Hall–Kier alpha value is -1.69. The van der Waals surface area contributed by atoms with Gasteiger partial charge in [-0.1, -0.05) is 5.16 Å². The number of hydrogen-bond acceptors (Lipinski definition) is 5. The van der Waals surface area contributed by atoms with E-state index in [1.807, 2.05) is 14.0 Å². The molecule has 0 amide bonds. The van der Waals surface area contributed by atoms with E-state index in [4.69, 9.17) is 9.63 Å². The third kappa shape index (κ3) is 1.39. The predicted octanol–water partition coefficient (Wildman–Crippen LogP) is 0.271. The van der Waals surface area contributed by atoms with Crippen molar-refractivity contribution in [2.75, 3.05) is 0 Å². The predicted molar refractivity (Wildman–Crippen MR) is 47.2 cm³/mol. The van der Waals surface area contributed by atoms with Crippen molar-refractivity contribution in [1.82, 2.24) is 19.9 Å². The Bertz CT molecular complexity index is 446. The van der Waals surface area contributed by atoms with Gasteiger partial charge in [0.2, 0.25) is 0 Å². The summed E-state index contributed by atoms with van der Waals surface area (Å²) in [4.78, 5) is 3.99. The van der Waals surface area contributed by atoms with Crippen LogP contribution in [0.4, 0.5) is 0 Å². The fourth-order valence-corrected chi connectivity index (χ4v) is 1.24. The molecule has 0 aromatic carbocycles. The van der Waals surface area contributed by atoms with Gasteiger partial charge in [-0.3, -0.25) is 4.68 Å². The third-order valence-corrected chi connectivity index (χ3v) is 1.85. The first kappa shape index (κ1) is 8.89. The Morgan fingerprint density at radius 3 is 2.86 bits per heavy atom. The molecule has 14 heavy (non-hydrogen) atoms. The third-order valence-electron chi connectivity index (χ3n) is 1.85. The summed E-state index contributed by atoms with van der Waals surface area (Å²) in [5.74, 6) is 0.669. The van der Waals surface area contributed by atoms with Crippen molar-refractivity contribution in [3.05, 3.63) is 17.7 Å². The lowest BCUT2D eigenvalue weighted by Crippen LogP contribution is -1.86. The van der Waals surface area contributed by atoms with Crippen molar-refractivity contribution in [2.24, 2.45) is 7.05 Å². The van der Waals surface area contributed by atoms with Crippen molar-refractivity contribution in [1.29, 1.82) is 0 Å². The number of nitrogens with zero attached hydrogens (tertiary/aromatic N) is 4. The van der Waals surface area contributed by atoms with Crippen LogP contribution in [-0.4, -0.2) is 25.0 Å². The molecule has 0 spiro atoms. The van der Waals surface area contributed by atoms with E-state index in [1.54, 1.807) is 10.9 Å². The number of aromatic nitrogens is 4. The summed E-state index contributed by atoms with van der Waals surface area (Å²) in [6, 6.07) is 0. The molecule has 2 heterocycles. The van der Waals surface area contributed by atoms with Crippen molar-refractivity contribution in [3.63, 3.8) is 0 Å². The van der Waals surface area contributed by atoms with Gasteiger partial charge in [0.05, 0.1) is 11.3 Å². The standard InChI is InChI=1S/C8H10N4O2/c1-5-6(3-12(2)10-5)8-9-7(4-13)11-14-8/h3,13H,4H2,1-2H3. The quantitative estimate of drug-likeness (QED) is 0.742. The van der Waals surface area contributed by atoms with E-state index in [9.17, 15) is 0 Å². The first-order chi connectivity index (χ1) is 6.70. The fourth-order valence-electron chi connectivity index (χ4n) is 1.24. The first-order valence-electron chi connectivity index (χ1n) is 4.14. The van der Waals surface area contributed by atoms with Gasteiger partial charge in [-0.2, -0.15) is 10.1 Å². The van der Waals surface area contributed by atoms with E-state index in [-0.39, 0.29) is 12.4 Å². The molecule has 6 heteroatoms. The van der Waals surface area contributed by atoms with Gasteiger partial charge < -0.3 is 9.63 Å². The molecule has 0 saturated heterocycles. The van der Waals surface area contributed by atoms with Crippen LogP contribution in [0.15, 0.2) is 10.7 Å². The topological polar surface area (TPSA) is 77.0 Å². The lowest BCUT2D eigenvalue weighted by molar-refractivity contribution is 0.264. The van der Waals surface area contributed by atoms with Gasteiger partial charge in [0.15, 0.2) is 5.82 Å². The van der Waals surface area contributed by atoms with Gasteiger partial charge in [0, 0.05) is 13.2 Å². The van der Waals surface area contributed by atoms with Crippen LogP contribution in [-0.2, 0) is 13.7 Å². The van der Waals surface area contributed by atoms with Crippen LogP contribution in [0.5, 0.6) is 0 Å². The lowest BCUT2D eigenvalue weighted by Gasteiger charge is -1.86. The second-order valence-corrected chi connectivity index (χ2v) is 2.98. The maximum absolute atomic E-state index is 8.77. The van der Waals surface area contributed by atoms with E-state index in [0.717, 1.165) is 11.3 Å². The Balaban J connectivity index is 2.43. The molecule has 0 aliphatic rings. The minimum Gasteiger partial charge on any atom is -0.388 e. The van der Waals surface area contributed by atoms with Gasteiger partial charge in [0.1, 0.15) is 6.61 Å². The summed E-state index contributed by atoms with van der Waals surface area (Å²) in [6.45, 7) is 1.64. The minimum atomic E-state index is -0.219. The highest BCUT2D eigenvalue weighted by atomic mass is 16.5. The monoisotopic (exact) mass is 194 g/mol. The molecule has 0 atom stereocenters. The minimum absolute atomic E-state index is 0.219. The van der Waals surface area contributed by atoms with Crippen molar-refractivity contribution in [2.45, 2.75) is 13.5 Å². The second-order valence-electron chi connectivity index (χ2n) is 2.98. The summed E-state index contributed by atoms with van der Waals surface area (Å²) in [7, 11) is 1.82. The Morgan fingerprint density at radius 1 is 1.57 bits per heavy atom. The largest absolute Gasteiger partial charge is 0.388 e. The summed E-state index contributed by atoms with van der Waals surface area (Å²) in [5.41, 5.74) is 1.61. The zero-order valence-corrected chi connectivity index (χ0v) is 7.93. The van der Waals surface area contributed by atoms with Crippen LogP contribution < -0.4 is 0 Å². The maximum Gasteiger partial charge on any atom is 0.261 e. The average molecular weight is 194 g/mol. The first-order valence-corrected chi connectivity index (χ1v) is 4.14. The second kappa shape index (κ2) is 3.22.